The van der Waals surface area contributed by atoms with Crippen LogP contribution >= 0.6 is 0 Å². The molecule has 5 heteroatoms. The molecule has 0 bridgehead atoms. The van der Waals surface area contributed by atoms with E-state index in [0.29, 0.717) is 0 Å². The quantitative estimate of drug-likeness (QED) is 0.743. The van der Waals surface area contributed by atoms with Gasteiger partial charge in [0.25, 0.3) is 0 Å². The van der Waals surface area contributed by atoms with Gasteiger partial charge in [-0.1, -0.05) is 11.6 Å². The van der Waals surface area contributed by atoms with Gasteiger partial charge in [-0.25, -0.2) is 4.79 Å². The number of hydrogen-bond acceptors (Lipinski definition) is 3. The molecule has 1 amide bonds. The number of ether oxygens (including phenoxy) is 1. The van der Waals surface area contributed by atoms with Crippen molar-refractivity contribution >= 4 is 12.1 Å². The predicted molar refractivity (Wildman–Crippen MR) is 64.8 cm³/mol. The van der Waals surface area contributed by atoms with Crippen LogP contribution in [0.25, 0.3) is 0 Å². The molecule has 0 unspecified atom stereocenters. The van der Waals surface area contributed by atoms with E-state index in [-0.39, 0.29) is 6.42 Å². The zero-order chi connectivity index (χ0) is 13.6. The SMILES string of the molecule is CC(C)=C[C@@H](CC(=O)O)NC(=O)OC(C)(C)C. The highest BCUT2D eigenvalue weighted by atomic mass is 16.6. The molecule has 0 saturated carbocycles. The Labute approximate surface area is 102 Å². The van der Waals surface area contributed by atoms with Crippen LogP contribution in [-0.2, 0) is 9.53 Å². The van der Waals surface area contributed by atoms with E-state index < -0.39 is 23.7 Å². The number of carbonyl (C=O) groups is 2. The first-order valence-electron chi connectivity index (χ1n) is 5.46. The number of rotatable bonds is 4. The van der Waals surface area contributed by atoms with Crippen molar-refractivity contribution in [3.05, 3.63) is 11.6 Å². The van der Waals surface area contributed by atoms with E-state index in [9.17, 15) is 9.59 Å². The zero-order valence-corrected chi connectivity index (χ0v) is 11.0. The Hall–Kier alpha value is -1.52. The molecule has 0 aromatic carbocycles. The first-order chi connectivity index (χ1) is 7.60. The second-order valence-corrected chi connectivity index (χ2v) is 5.09. The van der Waals surface area contributed by atoms with Crippen LogP contribution in [0.15, 0.2) is 11.6 Å². The highest BCUT2D eigenvalue weighted by Crippen LogP contribution is 2.08. The number of carboxylic acids is 1. The number of alkyl carbamates (subject to hydrolysis) is 1. The molecule has 0 aromatic heterocycles. The van der Waals surface area contributed by atoms with Crippen molar-refractivity contribution in [3.63, 3.8) is 0 Å². The van der Waals surface area contributed by atoms with Crippen LogP contribution in [0.4, 0.5) is 4.79 Å². The summed E-state index contributed by atoms with van der Waals surface area (Å²) in [5.41, 5.74) is 0.343. The van der Waals surface area contributed by atoms with Crippen LogP contribution in [0, 0.1) is 0 Å². The summed E-state index contributed by atoms with van der Waals surface area (Å²) < 4.78 is 5.06. The minimum Gasteiger partial charge on any atom is -0.481 e. The van der Waals surface area contributed by atoms with E-state index >= 15 is 0 Å². The van der Waals surface area contributed by atoms with Crippen molar-refractivity contribution in [2.24, 2.45) is 0 Å². The third kappa shape index (κ3) is 9.41. The molecular formula is C12H21NO4. The van der Waals surface area contributed by atoms with Gasteiger partial charge in [-0.2, -0.15) is 0 Å². The first kappa shape index (κ1) is 15.5. The Balaban J connectivity index is 4.48. The molecule has 0 radical (unpaired) electrons. The van der Waals surface area contributed by atoms with Gasteiger partial charge in [0.1, 0.15) is 5.60 Å². The molecular weight excluding hydrogens is 222 g/mol. The van der Waals surface area contributed by atoms with E-state index in [2.05, 4.69) is 5.32 Å². The number of hydrogen-bond donors (Lipinski definition) is 2. The van der Waals surface area contributed by atoms with Gasteiger partial charge in [0.05, 0.1) is 12.5 Å². The normalized spacial score (nSPS) is 12.5. The monoisotopic (exact) mass is 243 g/mol. The van der Waals surface area contributed by atoms with Gasteiger partial charge >= 0.3 is 12.1 Å². The maximum atomic E-state index is 11.5. The van der Waals surface area contributed by atoms with Gasteiger partial charge in [-0.05, 0) is 34.6 Å². The van der Waals surface area contributed by atoms with Crippen LogP contribution < -0.4 is 5.32 Å². The van der Waals surface area contributed by atoms with Crippen LogP contribution in [0.1, 0.15) is 41.0 Å². The predicted octanol–water partition coefficient (Wildman–Crippen LogP) is 2.32. The summed E-state index contributed by atoms with van der Waals surface area (Å²) in [5, 5.41) is 11.2. The van der Waals surface area contributed by atoms with Crippen molar-refractivity contribution in [2.45, 2.75) is 52.7 Å². The first-order valence-corrected chi connectivity index (χ1v) is 5.46. The molecule has 0 spiro atoms. The van der Waals surface area contributed by atoms with Gasteiger partial charge in [-0.15, -0.1) is 0 Å². The van der Waals surface area contributed by atoms with Gasteiger partial charge in [-0.3, -0.25) is 4.79 Å². The highest BCUT2D eigenvalue weighted by molar-refractivity contribution is 5.72. The largest absolute Gasteiger partial charge is 0.481 e. The summed E-state index contributed by atoms with van der Waals surface area (Å²) in [5.74, 6) is -0.969. The Bertz CT molecular complexity index is 311. The van der Waals surface area contributed by atoms with Gasteiger partial charge in [0.2, 0.25) is 0 Å². The summed E-state index contributed by atoms with van der Waals surface area (Å²) in [7, 11) is 0. The number of aliphatic carboxylic acids is 1. The Morgan fingerprint density at radius 3 is 2.24 bits per heavy atom. The second-order valence-electron chi connectivity index (χ2n) is 5.09. The van der Waals surface area contributed by atoms with Gasteiger partial charge < -0.3 is 15.2 Å². The van der Waals surface area contributed by atoms with Crippen molar-refractivity contribution in [1.29, 1.82) is 0 Å². The van der Waals surface area contributed by atoms with Gasteiger partial charge in [0, 0.05) is 0 Å². The van der Waals surface area contributed by atoms with E-state index in [1.54, 1.807) is 26.8 Å². The molecule has 0 aliphatic heterocycles. The molecule has 17 heavy (non-hydrogen) atoms. The Morgan fingerprint density at radius 1 is 1.35 bits per heavy atom. The lowest BCUT2D eigenvalue weighted by Gasteiger charge is -2.22. The topological polar surface area (TPSA) is 75.6 Å². The van der Waals surface area contributed by atoms with Gasteiger partial charge in [0.15, 0.2) is 0 Å². The highest BCUT2D eigenvalue weighted by Gasteiger charge is 2.19. The van der Waals surface area contributed by atoms with E-state index in [1.807, 2.05) is 13.8 Å². The Kier molecular flexibility index (Phi) is 5.71. The summed E-state index contributed by atoms with van der Waals surface area (Å²) in [6, 6.07) is -0.549. The zero-order valence-electron chi connectivity index (χ0n) is 11.0. The van der Waals surface area contributed by atoms with Crippen LogP contribution in [0.5, 0.6) is 0 Å². The molecule has 1 atom stereocenters. The summed E-state index contributed by atoms with van der Waals surface area (Å²) in [4.78, 5) is 22.1. The van der Waals surface area contributed by atoms with Crippen molar-refractivity contribution in [2.75, 3.05) is 0 Å². The van der Waals surface area contributed by atoms with Crippen LogP contribution in [0.2, 0.25) is 0 Å². The third-order valence-corrected chi connectivity index (χ3v) is 1.63. The second kappa shape index (κ2) is 6.27. The maximum Gasteiger partial charge on any atom is 0.408 e. The fraction of sp³-hybridized carbons (Fsp3) is 0.667. The smallest absolute Gasteiger partial charge is 0.408 e. The lowest BCUT2D eigenvalue weighted by Crippen LogP contribution is -2.39. The number of nitrogens with one attached hydrogen (secondary N) is 1. The van der Waals surface area contributed by atoms with E-state index in [4.69, 9.17) is 9.84 Å². The molecule has 5 nitrogen and oxygen atoms in total. The molecule has 0 aromatic rings. The molecule has 0 saturated heterocycles. The lowest BCUT2D eigenvalue weighted by atomic mass is 10.1. The summed E-state index contributed by atoms with van der Waals surface area (Å²) >= 11 is 0. The molecule has 0 aliphatic rings. The maximum absolute atomic E-state index is 11.5. The van der Waals surface area contributed by atoms with Crippen LogP contribution in [0.3, 0.4) is 0 Å². The minimum atomic E-state index is -0.969. The summed E-state index contributed by atoms with van der Waals surface area (Å²) in [6.07, 6.45) is 0.920. The number of carboxylic acid groups (broad SMARTS) is 1. The fourth-order valence-corrected chi connectivity index (χ4v) is 1.20. The van der Waals surface area contributed by atoms with Crippen molar-refractivity contribution in [3.8, 4) is 0 Å². The summed E-state index contributed by atoms with van der Waals surface area (Å²) in [6.45, 7) is 8.93. The fourth-order valence-electron chi connectivity index (χ4n) is 1.20. The van der Waals surface area contributed by atoms with Crippen molar-refractivity contribution < 1.29 is 19.4 Å². The molecule has 0 rings (SSSR count). The van der Waals surface area contributed by atoms with Crippen molar-refractivity contribution in [1.82, 2.24) is 5.32 Å². The lowest BCUT2D eigenvalue weighted by molar-refractivity contribution is -0.137. The van der Waals surface area contributed by atoms with E-state index in [1.165, 1.54) is 0 Å². The molecule has 98 valence electrons. The molecule has 2 N–H and O–H groups in total. The molecule has 0 heterocycles. The molecule has 0 aliphatic carbocycles. The Morgan fingerprint density at radius 2 is 1.88 bits per heavy atom. The number of amides is 1. The standard InChI is InChI=1S/C12H21NO4/c1-8(2)6-9(7-10(14)15)13-11(16)17-12(3,4)5/h6,9H,7H2,1-5H3,(H,13,16)(H,14,15)/t9-/m0/s1. The minimum absolute atomic E-state index is 0.162. The number of allylic oxidation sites excluding steroid dienone is 1. The number of carbonyl (C=O) groups excluding carboxylic acids is 1. The molecule has 0 fully saturated rings. The third-order valence-electron chi connectivity index (χ3n) is 1.63. The average molecular weight is 243 g/mol. The van der Waals surface area contributed by atoms with E-state index in [0.717, 1.165) is 5.57 Å². The average Bonchev–Trinajstić information content (AvgIpc) is 1.95. The van der Waals surface area contributed by atoms with Crippen LogP contribution in [-0.4, -0.2) is 28.8 Å².